The Kier molecular flexibility index (Phi) is 5.60. The highest BCUT2D eigenvalue weighted by Gasteiger charge is 2.44. The lowest BCUT2D eigenvalue weighted by atomic mass is 9.69. The van der Waals surface area contributed by atoms with Gasteiger partial charge in [-0.05, 0) is 43.0 Å². The van der Waals surface area contributed by atoms with E-state index in [1.54, 1.807) is 12.1 Å². The van der Waals surface area contributed by atoms with Crippen molar-refractivity contribution in [1.29, 1.82) is 0 Å². The summed E-state index contributed by atoms with van der Waals surface area (Å²) in [4.78, 5) is 18.2. The molecular formula is C24H32FN3O. The number of carbonyl (C=O) groups is 1. The van der Waals surface area contributed by atoms with Crippen molar-refractivity contribution in [2.45, 2.75) is 76.8 Å². The van der Waals surface area contributed by atoms with Crippen LogP contribution in [0.15, 0.2) is 30.5 Å². The van der Waals surface area contributed by atoms with Crippen molar-refractivity contribution in [2.24, 2.45) is 17.6 Å². The van der Waals surface area contributed by atoms with Crippen LogP contribution in [0.2, 0.25) is 0 Å². The van der Waals surface area contributed by atoms with Crippen LogP contribution in [0.5, 0.6) is 0 Å². The van der Waals surface area contributed by atoms with Crippen LogP contribution >= 0.6 is 0 Å². The van der Waals surface area contributed by atoms with Crippen molar-refractivity contribution in [1.82, 2.24) is 9.55 Å². The minimum Gasteiger partial charge on any atom is -0.334 e. The Morgan fingerprint density at radius 3 is 2.59 bits per heavy atom. The summed E-state index contributed by atoms with van der Waals surface area (Å²) < 4.78 is 15.4. The molecule has 1 saturated carbocycles. The van der Waals surface area contributed by atoms with Crippen LogP contribution in [-0.2, 0) is 16.8 Å². The summed E-state index contributed by atoms with van der Waals surface area (Å²) in [7, 11) is 0. The van der Waals surface area contributed by atoms with Crippen molar-refractivity contribution in [2.75, 3.05) is 0 Å². The van der Waals surface area contributed by atoms with Crippen LogP contribution in [0.1, 0.15) is 64.6 Å². The molecule has 2 unspecified atom stereocenters. The highest BCUT2D eigenvalue weighted by molar-refractivity contribution is 5.87. The second kappa shape index (κ2) is 8.02. The maximum Gasteiger partial charge on any atom is 0.153 e. The minimum absolute atomic E-state index is 0.114. The highest BCUT2D eigenvalue weighted by Crippen LogP contribution is 2.40. The maximum absolute atomic E-state index is 13.3. The van der Waals surface area contributed by atoms with Gasteiger partial charge in [-0.3, -0.25) is 4.79 Å². The van der Waals surface area contributed by atoms with E-state index < -0.39 is 0 Å². The second-order valence-electron chi connectivity index (χ2n) is 9.46. The zero-order valence-corrected chi connectivity index (χ0v) is 17.5. The molecule has 0 bridgehead atoms. The van der Waals surface area contributed by atoms with E-state index in [9.17, 15) is 9.18 Å². The SMILES string of the molecule is CC1(C)c2nc(-c3ccc(F)cc3)cn2CCC1C(=O)C(N)CC1CCCCC1. The molecule has 29 heavy (non-hydrogen) atoms. The van der Waals surface area contributed by atoms with Gasteiger partial charge in [0.05, 0.1) is 11.7 Å². The number of carbonyl (C=O) groups excluding carboxylic acids is 1. The number of halogens is 1. The quantitative estimate of drug-likeness (QED) is 0.784. The van der Waals surface area contributed by atoms with Gasteiger partial charge < -0.3 is 10.3 Å². The predicted molar refractivity (Wildman–Crippen MR) is 113 cm³/mol. The first-order chi connectivity index (χ1) is 13.9. The molecule has 5 heteroatoms. The van der Waals surface area contributed by atoms with E-state index in [1.807, 2.05) is 6.20 Å². The summed E-state index contributed by atoms with van der Waals surface area (Å²) >= 11 is 0. The first-order valence-corrected chi connectivity index (χ1v) is 11.0. The van der Waals surface area contributed by atoms with Gasteiger partial charge in [0.15, 0.2) is 5.78 Å². The Labute approximate surface area is 172 Å². The summed E-state index contributed by atoms with van der Waals surface area (Å²) in [5, 5.41) is 0. The number of aryl methyl sites for hydroxylation is 1. The Bertz CT molecular complexity index is 865. The fourth-order valence-electron chi connectivity index (χ4n) is 5.30. The van der Waals surface area contributed by atoms with Gasteiger partial charge in [-0.2, -0.15) is 0 Å². The first kappa shape index (κ1) is 20.3. The van der Waals surface area contributed by atoms with Gasteiger partial charge in [-0.25, -0.2) is 9.37 Å². The van der Waals surface area contributed by atoms with Gasteiger partial charge in [0.1, 0.15) is 11.6 Å². The van der Waals surface area contributed by atoms with Crippen molar-refractivity contribution in [3.05, 3.63) is 42.1 Å². The van der Waals surface area contributed by atoms with Crippen molar-refractivity contribution < 1.29 is 9.18 Å². The van der Waals surface area contributed by atoms with Gasteiger partial charge in [-0.15, -0.1) is 0 Å². The van der Waals surface area contributed by atoms with Crippen LogP contribution in [0, 0.1) is 17.7 Å². The van der Waals surface area contributed by atoms with Crippen molar-refractivity contribution in [3.8, 4) is 11.3 Å². The number of rotatable bonds is 5. The number of nitrogens with zero attached hydrogens (tertiary/aromatic N) is 2. The highest BCUT2D eigenvalue weighted by atomic mass is 19.1. The van der Waals surface area contributed by atoms with Gasteiger partial charge in [-0.1, -0.05) is 46.0 Å². The summed E-state index contributed by atoms with van der Waals surface area (Å²) in [5.41, 5.74) is 7.76. The van der Waals surface area contributed by atoms with Crippen LogP contribution in [0.4, 0.5) is 4.39 Å². The Hall–Kier alpha value is -2.01. The number of hydrogen-bond donors (Lipinski definition) is 1. The van der Waals surface area contributed by atoms with Gasteiger partial charge >= 0.3 is 0 Å². The van der Waals surface area contributed by atoms with E-state index in [2.05, 4.69) is 18.4 Å². The Morgan fingerprint density at radius 2 is 1.90 bits per heavy atom. The number of aromatic nitrogens is 2. The largest absolute Gasteiger partial charge is 0.334 e. The molecule has 4 rings (SSSR count). The third kappa shape index (κ3) is 4.02. The first-order valence-electron chi connectivity index (χ1n) is 11.0. The zero-order valence-electron chi connectivity index (χ0n) is 17.5. The van der Waals surface area contributed by atoms with E-state index in [1.165, 1.54) is 44.2 Å². The Morgan fingerprint density at radius 1 is 1.21 bits per heavy atom. The topological polar surface area (TPSA) is 60.9 Å². The number of benzene rings is 1. The summed E-state index contributed by atoms with van der Waals surface area (Å²) in [6, 6.07) is 6.03. The van der Waals surface area contributed by atoms with E-state index in [0.717, 1.165) is 36.5 Å². The molecule has 0 radical (unpaired) electrons. The molecule has 0 saturated heterocycles. The molecule has 2 N–H and O–H groups in total. The van der Waals surface area contributed by atoms with Gasteiger partial charge in [0.25, 0.3) is 0 Å². The molecular weight excluding hydrogens is 365 g/mol. The lowest BCUT2D eigenvalue weighted by molar-refractivity contribution is -0.127. The monoisotopic (exact) mass is 397 g/mol. The molecule has 1 aliphatic carbocycles. The van der Waals surface area contributed by atoms with E-state index >= 15 is 0 Å². The minimum atomic E-state index is -0.377. The lowest BCUT2D eigenvalue weighted by Crippen LogP contribution is -2.48. The maximum atomic E-state index is 13.3. The molecule has 0 spiro atoms. The molecule has 156 valence electrons. The fraction of sp³-hybridized carbons (Fsp3) is 0.583. The number of nitrogens with two attached hydrogens (primary N) is 1. The summed E-state index contributed by atoms with van der Waals surface area (Å²) in [5.74, 6) is 1.35. The van der Waals surface area contributed by atoms with Crippen molar-refractivity contribution >= 4 is 5.78 Å². The molecule has 1 fully saturated rings. The van der Waals surface area contributed by atoms with Gasteiger partial charge in [0, 0.05) is 29.6 Å². The molecule has 2 atom stereocenters. The molecule has 1 aliphatic heterocycles. The van der Waals surface area contributed by atoms with Crippen LogP contribution in [0.3, 0.4) is 0 Å². The lowest BCUT2D eigenvalue weighted by Gasteiger charge is -2.39. The number of fused-ring (bicyclic) bond motifs is 1. The molecule has 4 nitrogen and oxygen atoms in total. The normalized spacial score (nSPS) is 22.8. The fourth-order valence-corrected chi connectivity index (χ4v) is 5.30. The van der Waals surface area contributed by atoms with E-state index in [-0.39, 0.29) is 29.0 Å². The molecule has 0 amide bonds. The summed E-state index contributed by atoms with van der Waals surface area (Å²) in [6.07, 6.45) is 9.90. The van der Waals surface area contributed by atoms with Gasteiger partial charge in [0.2, 0.25) is 0 Å². The van der Waals surface area contributed by atoms with Crippen LogP contribution < -0.4 is 5.73 Å². The third-order valence-electron chi connectivity index (χ3n) is 7.04. The number of imidazole rings is 1. The molecule has 2 aliphatic rings. The van der Waals surface area contributed by atoms with Crippen molar-refractivity contribution in [3.63, 3.8) is 0 Å². The van der Waals surface area contributed by atoms with Crippen LogP contribution in [-0.4, -0.2) is 21.4 Å². The average molecular weight is 398 g/mol. The number of Topliss-reactive ketones (excluding diaryl/α,β-unsaturated/α-hetero) is 1. The molecule has 2 heterocycles. The number of ketones is 1. The smallest absolute Gasteiger partial charge is 0.153 e. The predicted octanol–water partition coefficient (Wildman–Crippen LogP) is 4.85. The Balaban J connectivity index is 1.53. The van der Waals surface area contributed by atoms with Crippen LogP contribution in [0.25, 0.3) is 11.3 Å². The number of hydrogen-bond acceptors (Lipinski definition) is 3. The van der Waals surface area contributed by atoms with E-state index in [4.69, 9.17) is 10.7 Å². The second-order valence-corrected chi connectivity index (χ2v) is 9.46. The zero-order chi connectivity index (χ0) is 20.6. The standard InChI is InChI=1S/C24H32FN3O/c1-24(2)19(22(29)20(26)14-16-6-4-3-5-7-16)12-13-28-15-21(27-23(24)28)17-8-10-18(25)11-9-17/h8-11,15-16,19-20H,3-7,12-14,26H2,1-2H3. The third-order valence-corrected chi connectivity index (χ3v) is 7.04. The molecule has 2 aromatic rings. The average Bonchev–Trinajstić information content (AvgIpc) is 3.15. The summed E-state index contributed by atoms with van der Waals surface area (Å²) in [6.45, 7) is 4.98. The molecule has 1 aromatic carbocycles. The van der Waals surface area contributed by atoms with E-state index in [0.29, 0.717) is 5.92 Å². The molecule has 1 aromatic heterocycles.